The fourth-order valence-electron chi connectivity index (χ4n) is 1.17. The molecule has 0 aliphatic rings. The summed E-state index contributed by atoms with van der Waals surface area (Å²) >= 11 is 0. The second kappa shape index (κ2) is 6.66. The van der Waals surface area contributed by atoms with E-state index in [1.54, 1.807) is 0 Å². The van der Waals surface area contributed by atoms with Crippen LogP contribution in [0.15, 0.2) is 0 Å². The smallest absolute Gasteiger partial charge is 0.347 e. The standard InChI is InChI=1S/C9H17F3N2O/c1-3-6-14(4-2)7-5-13-8(15)9(10,11)12/h3-7H2,1-2H3,(H,13,15). The van der Waals surface area contributed by atoms with Gasteiger partial charge < -0.3 is 10.2 Å². The number of hydrogen-bond acceptors (Lipinski definition) is 2. The van der Waals surface area contributed by atoms with Gasteiger partial charge >= 0.3 is 12.1 Å². The van der Waals surface area contributed by atoms with Gasteiger partial charge in [-0.05, 0) is 19.5 Å². The molecule has 1 amide bonds. The van der Waals surface area contributed by atoms with Gasteiger partial charge in [0.1, 0.15) is 0 Å². The highest BCUT2D eigenvalue weighted by Gasteiger charge is 2.38. The number of halogens is 3. The predicted molar refractivity (Wildman–Crippen MR) is 51.5 cm³/mol. The lowest BCUT2D eigenvalue weighted by atomic mass is 10.4. The molecule has 0 radical (unpaired) electrons. The SMILES string of the molecule is CCCN(CC)CCNC(=O)C(F)(F)F. The third kappa shape index (κ3) is 6.33. The highest BCUT2D eigenvalue weighted by Crippen LogP contribution is 2.13. The van der Waals surface area contributed by atoms with Crippen molar-refractivity contribution < 1.29 is 18.0 Å². The Morgan fingerprint density at radius 3 is 2.27 bits per heavy atom. The second-order valence-electron chi connectivity index (χ2n) is 3.19. The number of hydrogen-bond donors (Lipinski definition) is 1. The quantitative estimate of drug-likeness (QED) is 0.742. The van der Waals surface area contributed by atoms with Crippen LogP contribution in [0.25, 0.3) is 0 Å². The minimum Gasteiger partial charge on any atom is -0.347 e. The molecule has 0 fully saturated rings. The predicted octanol–water partition coefficient (Wildman–Crippen LogP) is 1.40. The van der Waals surface area contributed by atoms with Crippen LogP contribution < -0.4 is 5.32 Å². The van der Waals surface area contributed by atoms with Crippen LogP contribution in [-0.4, -0.2) is 43.2 Å². The normalized spacial score (nSPS) is 11.9. The lowest BCUT2D eigenvalue weighted by Gasteiger charge is -2.19. The maximum Gasteiger partial charge on any atom is 0.471 e. The molecule has 3 nitrogen and oxygen atoms in total. The average Bonchev–Trinajstić information content (AvgIpc) is 2.14. The van der Waals surface area contributed by atoms with Crippen LogP contribution in [0, 0.1) is 0 Å². The zero-order chi connectivity index (χ0) is 11.9. The zero-order valence-corrected chi connectivity index (χ0v) is 9.02. The van der Waals surface area contributed by atoms with Gasteiger partial charge in [-0.3, -0.25) is 4.79 Å². The van der Waals surface area contributed by atoms with Gasteiger partial charge in [0.05, 0.1) is 0 Å². The lowest BCUT2D eigenvalue weighted by molar-refractivity contribution is -0.173. The fraction of sp³-hybridized carbons (Fsp3) is 0.889. The third-order valence-electron chi connectivity index (χ3n) is 1.96. The van der Waals surface area contributed by atoms with Crippen LogP contribution in [-0.2, 0) is 4.79 Å². The van der Waals surface area contributed by atoms with Crippen LogP contribution in [0.5, 0.6) is 0 Å². The van der Waals surface area contributed by atoms with E-state index < -0.39 is 12.1 Å². The van der Waals surface area contributed by atoms with Crippen molar-refractivity contribution in [2.24, 2.45) is 0 Å². The molecule has 0 unspecified atom stereocenters. The third-order valence-corrected chi connectivity index (χ3v) is 1.96. The van der Waals surface area contributed by atoms with Crippen molar-refractivity contribution in [1.82, 2.24) is 10.2 Å². The van der Waals surface area contributed by atoms with Gasteiger partial charge in [0.15, 0.2) is 0 Å². The lowest BCUT2D eigenvalue weighted by Crippen LogP contribution is -2.41. The molecule has 1 N–H and O–H groups in total. The number of alkyl halides is 3. The Morgan fingerprint density at radius 2 is 1.87 bits per heavy atom. The highest BCUT2D eigenvalue weighted by atomic mass is 19.4. The van der Waals surface area contributed by atoms with E-state index in [-0.39, 0.29) is 6.54 Å². The molecule has 0 atom stereocenters. The molecule has 0 saturated carbocycles. The van der Waals surface area contributed by atoms with E-state index in [2.05, 4.69) is 0 Å². The van der Waals surface area contributed by atoms with Crippen LogP contribution in [0.2, 0.25) is 0 Å². The molecule has 0 bridgehead atoms. The van der Waals surface area contributed by atoms with Crippen molar-refractivity contribution in [1.29, 1.82) is 0 Å². The Hall–Kier alpha value is -0.780. The van der Waals surface area contributed by atoms with Gasteiger partial charge in [-0.2, -0.15) is 13.2 Å². The highest BCUT2D eigenvalue weighted by molar-refractivity contribution is 5.81. The summed E-state index contributed by atoms with van der Waals surface area (Å²) in [5, 5.41) is 1.84. The van der Waals surface area contributed by atoms with Crippen molar-refractivity contribution in [3.8, 4) is 0 Å². The molecule has 0 saturated heterocycles. The summed E-state index contributed by atoms with van der Waals surface area (Å²) in [7, 11) is 0. The topological polar surface area (TPSA) is 32.3 Å². The van der Waals surface area contributed by atoms with Crippen molar-refractivity contribution in [3.63, 3.8) is 0 Å². The number of carbonyl (C=O) groups is 1. The molecule has 0 heterocycles. The Labute approximate surface area is 87.6 Å². The number of likely N-dealkylation sites (N-methyl/N-ethyl adjacent to an activating group) is 1. The number of rotatable bonds is 6. The summed E-state index contributed by atoms with van der Waals surface area (Å²) in [6.45, 7) is 6.02. The molecular formula is C9H17F3N2O. The van der Waals surface area contributed by atoms with Gasteiger partial charge in [-0.15, -0.1) is 0 Å². The van der Waals surface area contributed by atoms with E-state index >= 15 is 0 Å². The summed E-state index contributed by atoms with van der Waals surface area (Å²) in [6.07, 6.45) is -3.83. The van der Waals surface area contributed by atoms with Crippen LogP contribution in [0.1, 0.15) is 20.3 Å². The molecule has 0 aliphatic carbocycles. The largest absolute Gasteiger partial charge is 0.471 e. The molecule has 0 aromatic carbocycles. The summed E-state index contributed by atoms with van der Waals surface area (Å²) in [5.41, 5.74) is 0. The average molecular weight is 226 g/mol. The Bertz CT molecular complexity index is 194. The number of nitrogens with zero attached hydrogens (tertiary/aromatic N) is 1. The van der Waals surface area contributed by atoms with Gasteiger partial charge in [0.2, 0.25) is 0 Å². The number of amides is 1. The summed E-state index contributed by atoms with van der Waals surface area (Å²) in [5.74, 6) is -1.87. The van der Waals surface area contributed by atoms with Crippen molar-refractivity contribution in [2.45, 2.75) is 26.4 Å². The minimum atomic E-state index is -4.78. The van der Waals surface area contributed by atoms with Gasteiger partial charge in [0.25, 0.3) is 0 Å². The van der Waals surface area contributed by atoms with Crippen LogP contribution >= 0.6 is 0 Å². The summed E-state index contributed by atoms with van der Waals surface area (Å²) in [6, 6.07) is 0. The van der Waals surface area contributed by atoms with Gasteiger partial charge in [-0.1, -0.05) is 13.8 Å². The molecular weight excluding hydrogens is 209 g/mol. The van der Waals surface area contributed by atoms with E-state index in [0.29, 0.717) is 6.54 Å². The fourth-order valence-corrected chi connectivity index (χ4v) is 1.17. The van der Waals surface area contributed by atoms with Crippen LogP contribution in [0.4, 0.5) is 13.2 Å². The first-order valence-electron chi connectivity index (χ1n) is 4.99. The van der Waals surface area contributed by atoms with E-state index in [1.807, 2.05) is 24.1 Å². The van der Waals surface area contributed by atoms with Gasteiger partial charge in [-0.25, -0.2) is 0 Å². The van der Waals surface area contributed by atoms with Gasteiger partial charge in [0, 0.05) is 13.1 Å². The number of carbonyl (C=O) groups excluding carboxylic acids is 1. The summed E-state index contributed by atoms with van der Waals surface area (Å²) < 4.78 is 35.3. The molecule has 0 aromatic heterocycles. The maximum atomic E-state index is 11.8. The molecule has 90 valence electrons. The Kier molecular flexibility index (Phi) is 6.31. The first-order chi connectivity index (χ1) is 6.91. The first-order valence-corrected chi connectivity index (χ1v) is 4.99. The molecule has 0 aromatic rings. The van der Waals surface area contributed by atoms with Crippen molar-refractivity contribution in [3.05, 3.63) is 0 Å². The summed E-state index contributed by atoms with van der Waals surface area (Å²) in [4.78, 5) is 12.4. The Morgan fingerprint density at radius 1 is 1.27 bits per heavy atom. The van der Waals surface area contributed by atoms with Crippen molar-refractivity contribution in [2.75, 3.05) is 26.2 Å². The minimum absolute atomic E-state index is 0.0339. The molecule has 0 rings (SSSR count). The second-order valence-corrected chi connectivity index (χ2v) is 3.19. The molecule has 6 heteroatoms. The number of nitrogens with one attached hydrogen (secondary N) is 1. The van der Waals surface area contributed by atoms with Crippen LogP contribution in [0.3, 0.4) is 0 Å². The molecule has 15 heavy (non-hydrogen) atoms. The Balaban J connectivity index is 3.73. The van der Waals surface area contributed by atoms with E-state index in [0.717, 1.165) is 19.5 Å². The van der Waals surface area contributed by atoms with E-state index in [4.69, 9.17) is 0 Å². The van der Waals surface area contributed by atoms with E-state index in [9.17, 15) is 18.0 Å². The van der Waals surface area contributed by atoms with E-state index in [1.165, 1.54) is 0 Å². The maximum absolute atomic E-state index is 11.8. The molecule has 0 aliphatic heterocycles. The van der Waals surface area contributed by atoms with Crippen molar-refractivity contribution >= 4 is 5.91 Å². The zero-order valence-electron chi connectivity index (χ0n) is 9.02. The first kappa shape index (κ1) is 14.2. The molecule has 0 spiro atoms. The monoisotopic (exact) mass is 226 g/mol.